The van der Waals surface area contributed by atoms with Crippen molar-refractivity contribution < 1.29 is 8.78 Å². The van der Waals surface area contributed by atoms with E-state index >= 15 is 0 Å². The predicted molar refractivity (Wildman–Crippen MR) is 82.3 cm³/mol. The van der Waals surface area contributed by atoms with Gasteiger partial charge < -0.3 is 5.73 Å². The molecule has 4 bridgehead atoms. The molecule has 0 aliphatic heterocycles. The lowest BCUT2D eigenvalue weighted by atomic mass is 9.62. The van der Waals surface area contributed by atoms with Crippen molar-refractivity contribution in [2.24, 2.45) is 28.9 Å². The van der Waals surface area contributed by atoms with Gasteiger partial charge in [0.25, 0.3) is 0 Å². The fraction of sp³-hybridized carbons (Fsp3) is 0.588. The zero-order valence-corrected chi connectivity index (χ0v) is 12.6. The first kappa shape index (κ1) is 13.6. The first-order valence-corrected chi connectivity index (χ1v) is 8.03. The van der Waals surface area contributed by atoms with Crippen LogP contribution in [0.25, 0.3) is 0 Å². The molecule has 21 heavy (non-hydrogen) atoms. The number of benzene rings is 1. The highest BCUT2D eigenvalue weighted by molar-refractivity contribution is 7.80. The Morgan fingerprint density at radius 2 is 1.90 bits per heavy atom. The van der Waals surface area contributed by atoms with Crippen LogP contribution in [0.15, 0.2) is 30.3 Å². The van der Waals surface area contributed by atoms with Gasteiger partial charge in [0, 0.05) is 11.3 Å². The van der Waals surface area contributed by atoms with Crippen molar-refractivity contribution in [3.8, 4) is 0 Å². The molecule has 4 aliphatic carbocycles. The minimum atomic E-state index is -2.25. The molecule has 0 radical (unpaired) electrons. The molecule has 4 unspecified atom stereocenters. The molecule has 112 valence electrons. The van der Waals surface area contributed by atoms with E-state index in [9.17, 15) is 8.78 Å². The van der Waals surface area contributed by atoms with Gasteiger partial charge in [-0.1, -0.05) is 42.5 Å². The summed E-state index contributed by atoms with van der Waals surface area (Å²) in [6.45, 7) is 0. The molecule has 4 aliphatic rings. The minimum absolute atomic E-state index is 0.0175. The van der Waals surface area contributed by atoms with Crippen LogP contribution in [0.2, 0.25) is 0 Å². The minimum Gasteiger partial charge on any atom is -0.393 e. The fourth-order valence-electron chi connectivity index (χ4n) is 5.83. The van der Waals surface area contributed by atoms with Gasteiger partial charge in [0.1, 0.15) is 0 Å². The summed E-state index contributed by atoms with van der Waals surface area (Å²) in [5.41, 5.74) is 7.02. The summed E-state index contributed by atoms with van der Waals surface area (Å²) in [6, 6.07) is 10.3. The average molecular weight is 307 g/mol. The number of hydrogen-bond donors (Lipinski definition) is 1. The molecule has 0 heterocycles. The van der Waals surface area contributed by atoms with Crippen LogP contribution in [0.3, 0.4) is 0 Å². The molecule has 4 heteroatoms. The molecule has 0 aromatic heterocycles. The topological polar surface area (TPSA) is 26.0 Å². The maximum absolute atomic E-state index is 13.5. The second-order valence-corrected chi connectivity index (χ2v) is 7.67. The van der Waals surface area contributed by atoms with Gasteiger partial charge in [-0.15, -0.1) is 0 Å². The maximum Gasteiger partial charge on any atom is 0.242 e. The zero-order valence-electron chi connectivity index (χ0n) is 11.8. The first-order chi connectivity index (χ1) is 9.98. The zero-order chi connectivity index (χ0) is 14.8. The Morgan fingerprint density at radius 3 is 2.52 bits per heavy atom. The van der Waals surface area contributed by atoms with Gasteiger partial charge >= 0.3 is 0 Å². The maximum atomic E-state index is 13.5. The van der Waals surface area contributed by atoms with E-state index in [0.29, 0.717) is 4.99 Å². The lowest BCUT2D eigenvalue weighted by Gasteiger charge is -2.43. The van der Waals surface area contributed by atoms with Gasteiger partial charge in [0.15, 0.2) is 0 Å². The van der Waals surface area contributed by atoms with Crippen molar-refractivity contribution in [1.82, 2.24) is 0 Å². The number of thiocarbonyl (C=S) groups is 1. The van der Waals surface area contributed by atoms with Gasteiger partial charge in [0.05, 0.1) is 4.99 Å². The highest BCUT2D eigenvalue weighted by Gasteiger charge is 2.70. The van der Waals surface area contributed by atoms with Crippen molar-refractivity contribution in [2.75, 3.05) is 0 Å². The molecule has 0 amide bonds. The Morgan fingerprint density at radius 1 is 1.19 bits per heavy atom. The quantitative estimate of drug-likeness (QED) is 0.857. The van der Waals surface area contributed by atoms with Crippen LogP contribution in [0.1, 0.15) is 31.2 Å². The van der Waals surface area contributed by atoms with Crippen LogP contribution in [0.4, 0.5) is 8.78 Å². The highest BCUT2D eigenvalue weighted by Crippen LogP contribution is 2.73. The Kier molecular flexibility index (Phi) is 2.76. The van der Waals surface area contributed by atoms with E-state index in [4.69, 9.17) is 18.0 Å². The number of rotatable bonds is 3. The van der Waals surface area contributed by atoms with E-state index in [2.05, 4.69) is 12.1 Å². The van der Waals surface area contributed by atoms with Crippen LogP contribution >= 0.6 is 12.2 Å². The standard InChI is InChI=1S/C17H19F2NS/c18-14(19)13-10-6-16(11-4-2-1-3-5-11)8-12(13)17(7-10,9-16)15(20)21/h1-5,10,12-14H,6-9H2,(H2,20,21)/t10-,12?,13?,16?,17?/m1/s1. The lowest BCUT2D eigenvalue weighted by Crippen LogP contribution is -2.40. The normalized spacial score (nSPS) is 43.7. The third kappa shape index (κ3) is 1.63. The number of hydrogen-bond acceptors (Lipinski definition) is 1. The third-order valence-electron chi connectivity index (χ3n) is 6.43. The summed E-state index contributed by atoms with van der Waals surface area (Å²) in [6.07, 6.45) is 1.08. The van der Waals surface area contributed by atoms with Crippen molar-refractivity contribution in [3.63, 3.8) is 0 Å². The van der Waals surface area contributed by atoms with Gasteiger partial charge in [-0.05, 0) is 48.5 Å². The molecule has 1 nitrogen and oxygen atoms in total. The molecule has 0 spiro atoms. The van der Waals surface area contributed by atoms with E-state index < -0.39 is 12.3 Å². The molecule has 1 aromatic carbocycles. The van der Waals surface area contributed by atoms with Gasteiger partial charge in [-0.25, -0.2) is 8.78 Å². The van der Waals surface area contributed by atoms with Crippen molar-refractivity contribution in [2.45, 2.75) is 37.5 Å². The average Bonchev–Trinajstić information content (AvgIpc) is 2.83. The monoisotopic (exact) mass is 307 g/mol. The summed E-state index contributed by atoms with van der Waals surface area (Å²) >= 11 is 5.33. The van der Waals surface area contributed by atoms with Crippen LogP contribution in [-0.4, -0.2) is 11.4 Å². The molecule has 5 rings (SSSR count). The smallest absolute Gasteiger partial charge is 0.242 e. The SMILES string of the molecule is NC(=S)C12C[C@H]3CC(c4ccccc4)(CC1C3C(F)F)C2. The van der Waals surface area contributed by atoms with E-state index in [0.717, 1.165) is 25.7 Å². The van der Waals surface area contributed by atoms with Crippen molar-refractivity contribution in [1.29, 1.82) is 0 Å². The fourth-order valence-corrected chi connectivity index (χ4v) is 6.14. The van der Waals surface area contributed by atoms with Crippen LogP contribution in [-0.2, 0) is 5.41 Å². The highest BCUT2D eigenvalue weighted by atomic mass is 32.1. The van der Waals surface area contributed by atoms with E-state index in [-0.39, 0.29) is 22.7 Å². The Hall–Kier alpha value is -1.03. The molecular formula is C17H19F2NS. The first-order valence-electron chi connectivity index (χ1n) is 7.62. The van der Waals surface area contributed by atoms with Crippen LogP contribution < -0.4 is 5.73 Å². The Bertz CT molecular complexity index is 590. The summed E-state index contributed by atoms with van der Waals surface area (Å²) in [4.78, 5) is 0.471. The molecule has 0 saturated heterocycles. The molecule has 1 aromatic rings. The molecule has 4 fully saturated rings. The lowest BCUT2D eigenvalue weighted by molar-refractivity contribution is 0.00403. The Balaban J connectivity index is 1.80. The molecule has 5 atom stereocenters. The summed E-state index contributed by atoms with van der Waals surface area (Å²) in [5.74, 6) is -0.473. The number of nitrogens with two attached hydrogens (primary N) is 1. The van der Waals surface area contributed by atoms with Crippen molar-refractivity contribution in [3.05, 3.63) is 35.9 Å². The number of alkyl halides is 2. The van der Waals surface area contributed by atoms with Crippen LogP contribution in [0, 0.1) is 23.2 Å². The second-order valence-electron chi connectivity index (χ2n) is 7.23. The second kappa shape index (κ2) is 4.25. The summed E-state index contributed by atoms with van der Waals surface area (Å²) in [7, 11) is 0. The van der Waals surface area contributed by atoms with Gasteiger partial charge in [0.2, 0.25) is 6.43 Å². The predicted octanol–water partition coefficient (Wildman–Crippen LogP) is 3.91. The largest absolute Gasteiger partial charge is 0.393 e. The van der Waals surface area contributed by atoms with E-state index in [1.54, 1.807) is 0 Å². The summed E-state index contributed by atoms with van der Waals surface area (Å²) in [5, 5.41) is 0. The molecule has 2 N–H and O–H groups in total. The molecular weight excluding hydrogens is 288 g/mol. The van der Waals surface area contributed by atoms with Gasteiger partial charge in [-0.3, -0.25) is 0 Å². The third-order valence-corrected chi connectivity index (χ3v) is 6.84. The van der Waals surface area contributed by atoms with E-state index in [1.807, 2.05) is 18.2 Å². The Labute approximate surface area is 128 Å². The number of halogens is 2. The van der Waals surface area contributed by atoms with Crippen molar-refractivity contribution >= 4 is 17.2 Å². The summed E-state index contributed by atoms with van der Waals surface area (Å²) < 4.78 is 27.1. The van der Waals surface area contributed by atoms with Crippen LogP contribution in [0.5, 0.6) is 0 Å². The van der Waals surface area contributed by atoms with Gasteiger partial charge in [-0.2, -0.15) is 0 Å². The van der Waals surface area contributed by atoms with E-state index in [1.165, 1.54) is 5.56 Å². The molecule has 4 saturated carbocycles.